The van der Waals surface area contributed by atoms with Crippen LogP contribution in [0.25, 0.3) is 11.0 Å². The maximum absolute atomic E-state index is 12.8. The topological polar surface area (TPSA) is 74.5 Å². The summed E-state index contributed by atoms with van der Waals surface area (Å²) in [5, 5.41) is 2.91. The van der Waals surface area contributed by atoms with Gasteiger partial charge >= 0.3 is 5.69 Å². The largest absolute Gasteiger partial charge is 0.494 e. The van der Waals surface area contributed by atoms with Gasteiger partial charge in [-0.15, -0.1) is 0 Å². The monoisotopic (exact) mass is 445 g/mol. The van der Waals surface area contributed by atoms with E-state index in [1.165, 1.54) is 0 Å². The normalized spacial score (nSPS) is 10.8. The molecule has 7 nitrogen and oxygen atoms in total. The van der Waals surface area contributed by atoms with Crippen LogP contribution in [-0.2, 0) is 17.9 Å². The quantitative estimate of drug-likeness (QED) is 0.392. The molecule has 4 rings (SSSR count). The van der Waals surface area contributed by atoms with Gasteiger partial charge in [-0.1, -0.05) is 24.3 Å². The highest BCUT2D eigenvalue weighted by Gasteiger charge is 2.14. The van der Waals surface area contributed by atoms with Crippen molar-refractivity contribution in [3.8, 4) is 17.2 Å². The summed E-state index contributed by atoms with van der Waals surface area (Å²) in [6.07, 6.45) is 0.162. The molecule has 1 aromatic heterocycles. The number of hydrogen-bond acceptors (Lipinski definition) is 4. The summed E-state index contributed by atoms with van der Waals surface area (Å²) in [6, 6.07) is 22.2. The summed E-state index contributed by atoms with van der Waals surface area (Å²) in [4.78, 5) is 25.5. The van der Waals surface area contributed by atoms with E-state index in [-0.39, 0.29) is 18.0 Å². The van der Waals surface area contributed by atoms with Gasteiger partial charge in [0, 0.05) is 19.5 Å². The van der Waals surface area contributed by atoms with E-state index >= 15 is 0 Å². The lowest BCUT2D eigenvalue weighted by Gasteiger charge is -2.13. The Morgan fingerprint density at radius 1 is 0.848 bits per heavy atom. The van der Waals surface area contributed by atoms with E-state index in [9.17, 15) is 9.59 Å². The average molecular weight is 446 g/mol. The number of imidazole rings is 1. The van der Waals surface area contributed by atoms with Gasteiger partial charge in [0.1, 0.15) is 11.5 Å². The highest BCUT2D eigenvalue weighted by molar-refractivity contribution is 5.92. The molecule has 1 amide bonds. The molecule has 0 aliphatic carbocycles. The molecule has 0 fully saturated rings. The fraction of sp³-hybridized carbons (Fsp3) is 0.231. The van der Waals surface area contributed by atoms with Crippen molar-refractivity contribution in [3.63, 3.8) is 0 Å². The van der Waals surface area contributed by atoms with Crippen LogP contribution >= 0.6 is 0 Å². The molecule has 0 bridgehead atoms. The number of rotatable bonds is 9. The number of carbonyl (C=O) groups excluding carboxylic acids is 1. The van der Waals surface area contributed by atoms with Crippen molar-refractivity contribution < 1.29 is 14.3 Å². The number of hydrogen-bond donors (Lipinski definition) is 1. The number of aromatic nitrogens is 2. The summed E-state index contributed by atoms with van der Waals surface area (Å²) in [5.41, 5.74) is 2.17. The Labute approximate surface area is 192 Å². The zero-order valence-electron chi connectivity index (χ0n) is 18.8. The van der Waals surface area contributed by atoms with Gasteiger partial charge in [-0.25, -0.2) is 4.79 Å². The summed E-state index contributed by atoms with van der Waals surface area (Å²) in [7, 11) is 0. The number of nitrogens with zero attached hydrogens (tertiary/aromatic N) is 2. The van der Waals surface area contributed by atoms with Crippen LogP contribution < -0.4 is 20.5 Å². The molecule has 0 aliphatic heterocycles. The van der Waals surface area contributed by atoms with Gasteiger partial charge in [-0.2, -0.15) is 0 Å². The summed E-state index contributed by atoms with van der Waals surface area (Å²) in [6.45, 7) is 5.34. The van der Waals surface area contributed by atoms with Crippen LogP contribution in [0.1, 0.15) is 20.3 Å². The van der Waals surface area contributed by atoms with Crippen molar-refractivity contribution in [2.45, 2.75) is 33.4 Å². The second-order valence-corrected chi connectivity index (χ2v) is 7.47. The summed E-state index contributed by atoms with van der Waals surface area (Å²) >= 11 is 0. The maximum atomic E-state index is 12.8. The van der Waals surface area contributed by atoms with Crippen molar-refractivity contribution in [1.82, 2.24) is 9.13 Å². The number of nitrogens with one attached hydrogen (secondary N) is 1. The highest BCUT2D eigenvalue weighted by Crippen LogP contribution is 2.30. The second kappa shape index (κ2) is 10.1. The molecule has 1 heterocycles. The van der Waals surface area contributed by atoms with E-state index in [0.717, 1.165) is 16.8 Å². The van der Waals surface area contributed by atoms with Crippen molar-refractivity contribution in [2.24, 2.45) is 0 Å². The smallest absolute Gasteiger partial charge is 0.329 e. The molecule has 0 saturated carbocycles. The third-order valence-corrected chi connectivity index (χ3v) is 5.33. The van der Waals surface area contributed by atoms with Gasteiger partial charge in [0.2, 0.25) is 5.91 Å². The molecule has 4 aromatic rings. The lowest BCUT2D eigenvalue weighted by Crippen LogP contribution is -2.25. The number of amides is 1. The minimum atomic E-state index is -0.196. The SMILES string of the molecule is CCOc1ccc(Oc2ccccc2NC(=O)CCn2c(=O)n(CC)c3ccccc32)cc1. The molecule has 0 saturated heterocycles. The predicted octanol–water partition coefficient (Wildman–Crippen LogP) is 5.04. The van der Waals surface area contributed by atoms with E-state index in [0.29, 0.717) is 36.9 Å². The first-order chi connectivity index (χ1) is 16.1. The van der Waals surface area contributed by atoms with E-state index in [2.05, 4.69) is 5.32 Å². The van der Waals surface area contributed by atoms with Crippen LogP contribution in [0.2, 0.25) is 0 Å². The standard InChI is InChI=1S/C26H27N3O4/c1-3-28-22-10-6-7-11-23(22)29(26(28)31)18-17-25(30)27-21-9-5-8-12-24(21)33-20-15-13-19(14-16-20)32-4-2/h5-16H,3-4,17-18H2,1-2H3,(H,27,30). The average Bonchev–Trinajstić information content (AvgIpc) is 3.10. The number of aryl methyl sites for hydroxylation is 2. The van der Waals surface area contributed by atoms with Crippen LogP contribution in [0.3, 0.4) is 0 Å². The molecule has 0 spiro atoms. The third-order valence-electron chi connectivity index (χ3n) is 5.33. The fourth-order valence-corrected chi connectivity index (χ4v) is 3.78. The zero-order valence-corrected chi connectivity index (χ0v) is 18.8. The van der Waals surface area contributed by atoms with Gasteiger partial charge in [0.25, 0.3) is 0 Å². The molecule has 3 aromatic carbocycles. The molecular weight excluding hydrogens is 418 g/mol. The molecule has 0 aliphatic rings. The van der Waals surface area contributed by atoms with Crippen molar-refractivity contribution >= 4 is 22.6 Å². The molecule has 7 heteroatoms. The number of anilines is 1. The Morgan fingerprint density at radius 3 is 2.18 bits per heavy atom. The molecule has 33 heavy (non-hydrogen) atoms. The Balaban J connectivity index is 1.45. The lowest BCUT2D eigenvalue weighted by molar-refractivity contribution is -0.116. The van der Waals surface area contributed by atoms with Gasteiger partial charge in [0.15, 0.2) is 5.75 Å². The Hall–Kier alpha value is -4.00. The Bertz CT molecular complexity index is 1310. The number of ether oxygens (including phenoxy) is 2. The number of benzene rings is 3. The molecule has 170 valence electrons. The summed E-state index contributed by atoms with van der Waals surface area (Å²) in [5.74, 6) is 1.75. The van der Waals surface area contributed by atoms with E-state index in [1.54, 1.807) is 21.3 Å². The van der Waals surface area contributed by atoms with Gasteiger partial charge in [0.05, 0.1) is 23.3 Å². The van der Waals surface area contributed by atoms with Gasteiger partial charge < -0.3 is 14.8 Å². The van der Waals surface area contributed by atoms with Crippen LogP contribution in [0, 0.1) is 0 Å². The highest BCUT2D eigenvalue weighted by atomic mass is 16.5. The first-order valence-corrected chi connectivity index (χ1v) is 11.1. The third kappa shape index (κ3) is 4.92. The van der Waals surface area contributed by atoms with Crippen molar-refractivity contribution in [3.05, 3.63) is 83.3 Å². The van der Waals surface area contributed by atoms with E-state index in [1.807, 2.05) is 74.5 Å². The van der Waals surface area contributed by atoms with E-state index in [4.69, 9.17) is 9.47 Å². The molecule has 1 N–H and O–H groups in total. The zero-order chi connectivity index (χ0) is 23.2. The van der Waals surface area contributed by atoms with Crippen molar-refractivity contribution in [1.29, 1.82) is 0 Å². The fourth-order valence-electron chi connectivity index (χ4n) is 3.78. The van der Waals surface area contributed by atoms with Crippen molar-refractivity contribution in [2.75, 3.05) is 11.9 Å². The number of carbonyl (C=O) groups is 1. The second-order valence-electron chi connectivity index (χ2n) is 7.47. The molecule has 0 unspecified atom stereocenters. The van der Waals surface area contributed by atoms with Crippen LogP contribution in [0.15, 0.2) is 77.6 Å². The first kappa shape index (κ1) is 22.2. The van der Waals surface area contributed by atoms with Crippen LogP contribution in [-0.4, -0.2) is 21.6 Å². The van der Waals surface area contributed by atoms with Crippen LogP contribution in [0.4, 0.5) is 5.69 Å². The van der Waals surface area contributed by atoms with Gasteiger partial charge in [-0.3, -0.25) is 13.9 Å². The molecule has 0 radical (unpaired) electrons. The molecular formula is C26H27N3O4. The number of para-hydroxylation sites is 4. The first-order valence-electron chi connectivity index (χ1n) is 11.1. The minimum absolute atomic E-state index is 0.106. The predicted molar refractivity (Wildman–Crippen MR) is 129 cm³/mol. The van der Waals surface area contributed by atoms with Gasteiger partial charge in [-0.05, 0) is 62.4 Å². The minimum Gasteiger partial charge on any atom is -0.494 e. The lowest BCUT2D eigenvalue weighted by atomic mass is 10.2. The Kier molecular flexibility index (Phi) is 6.78. The molecule has 0 atom stereocenters. The van der Waals surface area contributed by atoms with E-state index < -0.39 is 0 Å². The Morgan fingerprint density at radius 2 is 1.48 bits per heavy atom. The summed E-state index contributed by atoms with van der Waals surface area (Å²) < 4.78 is 14.8. The maximum Gasteiger partial charge on any atom is 0.329 e. The number of fused-ring (bicyclic) bond motifs is 1. The van der Waals surface area contributed by atoms with Crippen LogP contribution in [0.5, 0.6) is 17.2 Å².